The van der Waals surface area contributed by atoms with E-state index in [1.165, 1.54) is 11.3 Å². The number of pyridine rings is 1. The largest absolute Gasteiger partial charge is 0.508 e. The molecule has 3 N–H and O–H groups in total. The maximum Gasteiger partial charge on any atom is 0.266 e. The molecule has 0 saturated carbocycles. The van der Waals surface area contributed by atoms with Gasteiger partial charge in [-0.3, -0.25) is 4.79 Å². The van der Waals surface area contributed by atoms with Crippen LogP contribution < -0.4 is 5.56 Å². The molecule has 0 spiro atoms. The molecule has 2 heterocycles. The van der Waals surface area contributed by atoms with Crippen LogP contribution in [0.5, 0.6) is 11.5 Å². The van der Waals surface area contributed by atoms with Gasteiger partial charge in [-0.2, -0.15) is 0 Å². The SMILES string of the molecule is CCC(CC)Cc1ccc(-c2c(O)ccc3[nH]c(=O)c4sccc4c23)cc1O. The van der Waals surface area contributed by atoms with Gasteiger partial charge in [-0.15, -0.1) is 11.3 Å². The van der Waals surface area contributed by atoms with Gasteiger partial charge in [-0.05, 0) is 53.1 Å². The number of benzene rings is 2. The molecule has 144 valence electrons. The van der Waals surface area contributed by atoms with Crippen LogP contribution in [0, 0.1) is 5.92 Å². The first-order valence-corrected chi connectivity index (χ1v) is 10.5. The van der Waals surface area contributed by atoms with Crippen molar-refractivity contribution in [3.05, 3.63) is 57.7 Å². The van der Waals surface area contributed by atoms with Gasteiger partial charge in [-0.1, -0.05) is 38.8 Å². The molecule has 0 aliphatic heterocycles. The predicted molar refractivity (Wildman–Crippen MR) is 116 cm³/mol. The summed E-state index contributed by atoms with van der Waals surface area (Å²) in [7, 11) is 0. The fraction of sp³-hybridized carbons (Fsp3) is 0.261. The number of rotatable bonds is 5. The Kier molecular flexibility index (Phi) is 4.85. The van der Waals surface area contributed by atoms with Gasteiger partial charge >= 0.3 is 0 Å². The van der Waals surface area contributed by atoms with Crippen molar-refractivity contribution in [1.82, 2.24) is 4.98 Å². The molecule has 0 aliphatic rings. The number of H-pyrrole nitrogens is 1. The highest BCUT2D eigenvalue weighted by atomic mass is 32.1. The first-order valence-electron chi connectivity index (χ1n) is 9.60. The van der Waals surface area contributed by atoms with Crippen molar-refractivity contribution in [2.45, 2.75) is 33.1 Å². The molecule has 28 heavy (non-hydrogen) atoms. The average molecular weight is 394 g/mol. The van der Waals surface area contributed by atoms with E-state index in [1.54, 1.807) is 18.2 Å². The minimum absolute atomic E-state index is 0.124. The molecule has 2 aromatic carbocycles. The monoisotopic (exact) mass is 393 g/mol. The summed E-state index contributed by atoms with van der Waals surface area (Å²) in [5.74, 6) is 0.907. The highest BCUT2D eigenvalue weighted by molar-refractivity contribution is 7.17. The summed E-state index contributed by atoms with van der Waals surface area (Å²) < 4.78 is 0.633. The minimum atomic E-state index is -0.127. The number of thiophene rings is 1. The Hall–Kier alpha value is -2.79. The second-order valence-corrected chi connectivity index (χ2v) is 8.15. The summed E-state index contributed by atoms with van der Waals surface area (Å²) >= 11 is 1.38. The number of hydrogen-bond acceptors (Lipinski definition) is 4. The van der Waals surface area contributed by atoms with E-state index in [0.29, 0.717) is 21.7 Å². The second-order valence-electron chi connectivity index (χ2n) is 7.23. The van der Waals surface area contributed by atoms with Gasteiger partial charge < -0.3 is 15.2 Å². The molecule has 0 fully saturated rings. The third kappa shape index (κ3) is 3.06. The Labute approximate surface area is 167 Å². The van der Waals surface area contributed by atoms with Gasteiger partial charge in [0.25, 0.3) is 5.56 Å². The summed E-state index contributed by atoms with van der Waals surface area (Å²) in [6.07, 6.45) is 2.99. The lowest BCUT2D eigenvalue weighted by Crippen LogP contribution is -2.04. The first-order chi connectivity index (χ1) is 13.5. The lowest BCUT2D eigenvalue weighted by atomic mass is 9.91. The van der Waals surface area contributed by atoms with Crippen molar-refractivity contribution in [2.75, 3.05) is 0 Å². The average Bonchev–Trinajstić information content (AvgIpc) is 3.18. The molecule has 4 aromatic rings. The van der Waals surface area contributed by atoms with E-state index >= 15 is 0 Å². The van der Waals surface area contributed by atoms with Gasteiger partial charge in [0.15, 0.2) is 0 Å². The zero-order chi connectivity index (χ0) is 19.8. The highest BCUT2D eigenvalue weighted by Gasteiger charge is 2.17. The topological polar surface area (TPSA) is 73.3 Å². The summed E-state index contributed by atoms with van der Waals surface area (Å²) in [6, 6.07) is 10.8. The Morgan fingerprint density at radius 1 is 1.04 bits per heavy atom. The second kappa shape index (κ2) is 7.32. The van der Waals surface area contributed by atoms with Crippen LogP contribution in [0.3, 0.4) is 0 Å². The maximum absolute atomic E-state index is 12.3. The van der Waals surface area contributed by atoms with Gasteiger partial charge in [0.2, 0.25) is 0 Å². The highest BCUT2D eigenvalue weighted by Crippen LogP contribution is 2.41. The number of phenols is 2. The fourth-order valence-corrected chi connectivity index (χ4v) is 4.70. The van der Waals surface area contributed by atoms with E-state index in [-0.39, 0.29) is 17.1 Å². The lowest BCUT2D eigenvalue weighted by molar-refractivity contribution is 0.444. The maximum atomic E-state index is 12.3. The number of fused-ring (bicyclic) bond motifs is 3. The van der Waals surface area contributed by atoms with E-state index in [1.807, 2.05) is 23.6 Å². The van der Waals surface area contributed by atoms with Gasteiger partial charge in [0, 0.05) is 21.9 Å². The van der Waals surface area contributed by atoms with Crippen LogP contribution in [0.25, 0.3) is 32.1 Å². The van der Waals surface area contributed by atoms with Crippen molar-refractivity contribution in [3.63, 3.8) is 0 Å². The first kappa shape index (κ1) is 18.6. The normalized spacial score (nSPS) is 11.7. The molecular weight excluding hydrogens is 370 g/mol. The van der Waals surface area contributed by atoms with Crippen molar-refractivity contribution in [3.8, 4) is 22.6 Å². The van der Waals surface area contributed by atoms with Gasteiger partial charge in [0.05, 0.1) is 0 Å². The molecule has 0 bridgehead atoms. The molecule has 4 nitrogen and oxygen atoms in total. The van der Waals surface area contributed by atoms with Crippen LogP contribution in [-0.4, -0.2) is 15.2 Å². The smallest absolute Gasteiger partial charge is 0.266 e. The Balaban J connectivity index is 1.92. The standard InChI is InChI=1S/C23H23NO3S/c1-3-13(4-2)11-14-5-6-15(12-19(14)26)20-18(25)8-7-17-21(20)16-9-10-28-22(16)23(27)24-17/h5-10,12-13,25-26H,3-4,11H2,1-2H3,(H,24,27). The molecule has 0 aliphatic carbocycles. The molecular formula is C23H23NO3S. The molecule has 0 saturated heterocycles. The molecule has 5 heteroatoms. The quantitative estimate of drug-likeness (QED) is 0.401. The van der Waals surface area contributed by atoms with Gasteiger partial charge in [-0.25, -0.2) is 0 Å². The Morgan fingerprint density at radius 2 is 1.82 bits per heavy atom. The van der Waals surface area contributed by atoms with Crippen LogP contribution in [0.1, 0.15) is 32.3 Å². The summed E-state index contributed by atoms with van der Waals surface area (Å²) in [6.45, 7) is 4.33. The summed E-state index contributed by atoms with van der Waals surface area (Å²) in [4.78, 5) is 15.2. The van der Waals surface area contributed by atoms with Crippen LogP contribution in [-0.2, 0) is 6.42 Å². The molecule has 4 rings (SSSR count). The minimum Gasteiger partial charge on any atom is -0.508 e. The zero-order valence-electron chi connectivity index (χ0n) is 16.0. The molecule has 0 unspecified atom stereocenters. The third-order valence-electron chi connectivity index (χ3n) is 5.61. The van der Waals surface area contributed by atoms with E-state index in [9.17, 15) is 15.0 Å². The number of hydrogen-bond donors (Lipinski definition) is 3. The number of nitrogens with one attached hydrogen (secondary N) is 1. The Morgan fingerprint density at radius 3 is 2.54 bits per heavy atom. The number of phenolic OH excluding ortho intramolecular Hbond substituents is 2. The number of aromatic hydroxyl groups is 2. The van der Waals surface area contributed by atoms with E-state index in [2.05, 4.69) is 18.8 Å². The number of aromatic amines is 1. The molecule has 0 radical (unpaired) electrons. The van der Waals surface area contributed by atoms with E-state index < -0.39 is 0 Å². The third-order valence-corrected chi connectivity index (χ3v) is 6.52. The zero-order valence-corrected chi connectivity index (χ0v) is 16.8. The molecule has 2 aromatic heterocycles. The van der Waals surface area contributed by atoms with Crippen LogP contribution in [0.15, 0.2) is 46.6 Å². The van der Waals surface area contributed by atoms with Crippen LogP contribution >= 0.6 is 11.3 Å². The Bertz CT molecular complexity index is 1220. The van der Waals surface area contributed by atoms with Crippen molar-refractivity contribution in [2.24, 2.45) is 5.92 Å². The van der Waals surface area contributed by atoms with Crippen molar-refractivity contribution in [1.29, 1.82) is 0 Å². The lowest BCUT2D eigenvalue weighted by Gasteiger charge is -2.15. The van der Waals surface area contributed by atoms with Gasteiger partial charge in [0.1, 0.15) is 16.2 Å². The summed E-state index contributed by atoms with van der Waals surface area (Å²) in [5, 5.41) is 24.8. The molecule has 0 amide bonds. The fourth-order valence-electron chi connectivity index (χ4n) is 3.91. The van der Waals surface area contributed by atoms with Crippen LogP contribution in [0.4, 0.5) is 0 Å². The van der Waals surface area contributed by atoms with E-state index in [4.69, 9.17) is 0 Å². The van der Waals surface area contributed by atoms with Crippen molar-refractivity contribution < 1.29 is 10.2 Å². The van der Waals surface area contributed by atoms with Crippen LogP contribution in [0.2, 0.25) is 0 Å². The summed E-state index contributed by atoms with van der Waals surface area (Å²) in [5.41, 5.74) is 2.82. The van der Waals surface area contributed by atoms with E-state index in [0.717, 1.165) is 41.2 Å². The van der Waals surface area contributed by atoms with Crippen molar-refractivity contribution >= 4 is 32.3 Å². The predicted octanol–water partition coefficient (Wildman–Crippen LogP) is 5.80. The number of aromatic nitrogens is 1. The molecule has 0 atom stereocenters.